The third kappa shape index (κ3) is 3.70. The van der Waals surface area contributed by atoms with Crippen molar-refractivity contribution >= 4 is 17.4 Å². The van der Waals surface area contributed by atoms with E-state index in [0.717, 1.165) is 0 Å². The summed E-state index contributed by atoms with van der Waals surface area (Å²) in [5, 5.41) is 2.67. The van der Waals surface area contributed by atoms with Crippen molar-refractivity contribution in [3.63, 3.8) is 0 Å². The first-order chi connectivity index (χ1) is 7.91. The molecule has 17 heavy (non-hydrogen) atoms. The lowest BCUT2D eigenvalue weighted by molar-refractivity contribution is -0.114. The Morgan fingerprint density at radius 1 is 1.06 bits per heavy atom. The van der Waals surface area contributed by atoms with Crippen LogP contribution in [0.3, 0.4) is 0 Å². The van der Waals surface area contributed by atoms with Crippen molar-refractivity contribution in [2.45, 2.75) is 27.7 Å². The van der Waals surface area contributed by atoms with Crippen LogP contribution >= 0.6 is 0 Å². The van der Waals surface area contributed by atoms with Gasteiger partial charge >= 0.3 is 0 Å². The Balaban J connectivity index is 2.80. The first-order valence-electron chi connectivity index (χ1n) is 5.83. The molecule has 0 aliphatic carbocycles. The molecule has 0 bridgehead atoms. The number of nitrogens with one attached hydrogen (secondary N) is 1. The van der Waals surface area contributed by atoms with Crippen LogP contribution in [0.25, 0.3) is 0 Å². The second-order valence-electron chi connectivity index (χ2n) is 4.66. The van der Waals surface area contributed by atoms with Crippen LogP contribution in [-0.4, -0.2) is 11.7 Å². The monoisotopic (exact) mass is 233 g/mol. The molecule has 3 heteroatoms. The normalized spacial score (nSPS) is 12.3. The van der Waals surface area contributed by atoms with E-state index in [1.165, 1.54) is 6.92 Å². The summed E-state index contributed by atoms with van der Waals surface area (Å²) in [5.74, 6) is 0.383. The molecule has 92 valence electrons. The molecular formula is C14H19NO2. The number of rotatable bonds is 4. The highest BCUT2D eigenvalue weighted by Crippen LogP contribution is 2.18. The minimum Gasteiger partial charge on any atom is -0.326 e. The van der Waals surface area contributed by atoms with E-state index < -0.39 is 0 Å². The first kappa shape index (κ1) is 13.4. The highest BCUT2D eigenvalue weighted by molar-refractivity contribution is 5.98. The molecule has 0 aromatic heterocycles. The van der Waals surface area contributed by atoms with Crippen LogP contribution in [-0.2, 0) is 4.79 Å². The molecule has 1 unspecified atom stereocenters. The number of ketones is 1. The van der Waals surface area contributed by atoms with Gasteiger partial charge in [-0.1, -0.05) is 20.8 Å². The molecule has 1 aromatic carbocycles. The van der Waals surface area contributed by atoms with Crippen LogP contribution in [0, 0.1) is 11.8 Å². The van der Waals surface area contributed by atoms with E-state index in [9.17, 15) is 9.59 Å². The molecule has 0 fully saturated rings. The lowest BCUT2D eigenvalue weighted by Crippen LogP contribution is -2.17. The number of hydrogen-bond acceptors (Lipinski definition) is 2. The number of benzene rings is 1. The Morgan fingerprint density at radius 2 is 1.59 bits per heavy atom. The molecule has 0 saturated heterocycles. The summed E-state index contributed by atoms with van der Waals surface area (Å²) in [6.07, 6.45) is 0. The summed E-state index contributed by atoms with van der Waals surface area (Å²) >= 11 is 0. The van der Waals surface area contributed by atoms with Crippen LogP contribution in [0.4, 0.5) is 5.69 Å². The summed E-state index contributed by atoms with van der Waals surface area (Å²) in [7, 11) is 0. The van der Waals surface area contributed by atoms with Crippen LogP contribution in [0.5, 0.6) is 0 Å². The van der Waals surface area contributed by atoms with Gasteiger partial charge in [0.15, 0.2) is 5.78 Å². The van der Waals surface area contributed by atoms with Gasteiger partial charge in [0.25, 0.3) is 0 Å². The van der Waals surface area contributed by atoms with Gasteiger partial charge < -0.3 is 5.32 Å². The molecule has 0 heterocycles. The molecular weight excluding hydrogens is 214 g/mol. The smallest absolute Gasteiger partial charge is 0.221 e. The van der Waals surface area contributed by atoms with Gasteiger partial charge in [-0.15, -0.1) is 0 Å². The van der Waals surface area contributed by atoms with Crippen molar-refractivity contribution in [3.05, 3.63) is 29.8 Å². The topological polar surface area (TPSA) is 46.2 Å². The fourth-order valence-electron chi connectivity index (χ4n) is 1.49. The lowest BCUT2D eigenvalue weighted by atomic mass is 9.90. The van der Waals surface area contributed by atoms with Gasteiger partial charge in [-0.05, 0) is 30.2 Å². The summed E-state index contributed by atoms with van der Waals surface area (Å²) in [5.41, 5.74) is 1.41. The van der Waals surface area contributed by atoms with E-state index in [1.807, 2.05) is 20.8 Å². The van der Waals surface area contributed by atoms with E-state index in [4.69, 9.17) is 0 Å². The number of carbonyl (C=O) groups is 2. The van der Waals surface area contributed by atoms with Crippen molar-refractivity contribution in [1.82, 2.24) is 0 Å². The van der Waals surface area contributed by atoms with E-state index in [1.54, 1.807) is 24.3 Å². The summed E-state index contributed by atoms with van der Waals surface area (Å²) in [4.78, 5) is 22.9. The molecule has 1 amide bonds. The predicted octanol–water partition coefficient (Wildman–Crippen LogP) is 3.12. The molecule has 1 atom stereocenters. The largest absolute Gasteiger partial charge is 0.326 e. The van der Waals surface area contributed by atoms with E-state index >= 15 is 0 Å². The molecule has 0 saturated carbocycles. The highest BCUT2D eigenvalue weighted by Gasteiger charge is 2.18. The van der Waals surface area contributed by atoms with Gasteiger partial charge in [-0.3, -0.25) is 9.59 Å². The second-order valence-corrected chi connectivity index (χ2v) is 4.66. The van der Waals surface area contributed by atoms with Crippen molar-refractivity contribution in [1.29, 1.82) is 0 Å². The molecule has 1 N–H and O–H groups in total. The molecule has 3 nitrogen and oxygen atoms in total. The van der Waals surface area contributed by atoms with Gasteiger partial charge in [0, 0.05) is 24.1 Å². The Bertz CT molecular complexity index is 407. The molecule has 0 aliphatic heterocycles. The molecule has 0 spiro atoms. The van der Waals surface area contributed by atoms with Crippen LogP contribution in [0.15, 0.2) is 24.3 Å². The maximum Gasteiger partial charge on any atom is 0.221 e. The Morgan fingerprint density at radius 3 is 2.00 bits per heavy atom. The zero-order chi connectivity index (χ0) is 13.0. The van der Waals surface area contributed by atoms with Crippen molar-refractivity contribution in [2.24, 2.45) is 11.8 Å². The summed E-state index contributed by atoms with van der Waals surface area (Å²) in [6, 6.07) is 7.02. The number of hydrogen-bond donors (Lipinski definition) is 1. The van der Waals surface area contributed by atoms with E-state index in [2.05, 4.69) is 5.32 Å². The molecule has 1 rings (SSSR count). The molecule has 1 aromatic rings. The predicted molar refractivity (Wildman–Crippen MR) is 69.1 cm³/mol. The second kappa shape index (κ2) is 5.62. The highest BCUT2D eigenvalue weighted by atomic mass is 16.1. The number of carbonyl (C=O) groups excluding carboxylic acids is 2. The number of Topliss-reactive ketones (excluding diaryl/α,β-unsaturated/α-hetero) is 1. The Kier molecular flexibility index (Phi) is 4.44. The minimum atomic E-state index is -0.111. The zero-order valence-corrected chi connectivity index (χ0v) is 10.8. The zero-order valence-electron chi connectivity index (χ0n) is 10.8. The quantitative estimate of drug-likeness (QED) is 0.812. The first-order valence-corrected chi connectivity index (χ1v) is 5.83. The third-order valence-corrected chi connectivity index (χ3v) is 2.90. The van der Waals surface area contributed by atoms with Crippen molar-refractivity contribution < 1.29 is 9.59 Å². The van der Waals surface area contributed by atoms with Gasteiger partial charge in [0.1, 0.15) is 0 Å². The SMILES string of the molecule is CC(=O)Nc1ccc(C(=O)C(C)C(C)C)cc1. The van der Waals surface area contributed by atoms with Crippen molar-refractivity contribution in [2.75, 3.05) is 5.32 Å². The van der Waals surface area contributed by atoms with Crippen LogP contribution in [0.1, 0.15) is 38.1 Å². The van der Waals surface area contributed by atoms with Crippen LogP contribution in [0.2, 0.25) is 0 Å². The van der Waals surface area contributed by atoms with Crippen molar-refractivity contribution in [3.8, 4) is 0 Å². The fourth-order valence-corrected chi connectivity index (χ4v) is 1.49. The molecule has 0 aliphatic rings. The Hall–Kier alpha value is -1.64. The van der Waals surface area contributed by atoms with Crippen LogP contribution < -0.4 is 5.32 Å². The number of amides is 1. The Labute approximate surface area is 102 Å². The summed E-state index contributed by atoms with van der Waals surface area (Å²) < 4.78 is 0. The maximum atomic E-state index is 12.0. The van der Waals surface area contributed by atoms with Gasteiger partial charge in [-0.2, -0.15) is 0 Å². The number of anilines is 1. The van der Waals surface area contributed by atoms with Gasteiger partial charge in [0.05, 0.1) is 0 Å². The third-order valence-electron chi connectivity index (χ3n) is 2.90. The lowest BCUT2D eigenvalue weighted by Gasteiger charge is -2.14. The van der Waals surface area contributed by atoms with Gasteiger partial charge in [0.2, 0.25) is 5.91 Å². The average molecular weight is 233 g/mol. The van der Waals surface area contributed by atoms with E-state index in [0.29, 0.717) is 17.2 Å². The average Bonchev–Trinajstić information content (AvgIpc) is 2.27. The fraction of sp³-hybridized carbons (Fsp3) is 0.429. The summed E-state index contributed by atoms with van der Waals surface area (Å²) in [6.45, 7) is 7.47. The maximum absolute atomic E-state index is 12.0. The minimum absolute atomic E-state index is 0.0154. The molecule has 0 radical (unpaired) electrons. The standard InChI is InChI=1S/C14H19NO2/c1-9(2)10(3)14(17)12-5-7-13(8-6-12)15-11(4)16/h5-10H,1-4H3,(H,15,16). The van der Waals surface area contributed by atoms with E-state index in [-0.39, 0.29) is 17.6 Å². The van der Waals surface area contributed by atoms with Gasteiger partial charge in [-0.25, -0.2) is 0 Å².